The lowest BCUT2D eigenvalue weighted by Gasteiger charge is -2.09. The first-order valence-electron chi connectivity index (χ1n) is 4.07. The molecule has 0 aromatic carbocycles. The van der Waals surface area contributed by atoms with Crippen LogP contribution in [0.25, 0.3) is 0 Å². The molecular weight excluding hydrogens is 205 g/mol. The van der Waals surface area contributed by atoms with Crippen molar-refractivity contribution in [3.8, 4) is 0 Å². The lowest BCUT2D eigenvalue weighted by Crippen LogP contribution is -2.17. The average Bonchev–Trinajstić information content (AvgIpc) is 2.15. The minimum Gasteiger partial charge on any atom is -0.481 e. The van der Waals surface area contributed by atoms with Gasteiger partial charge in [0.25, 0.3) is 0 Å². The normalized spacial score (nSPS) is 12.1. The predicted octanol–water partition coefficient (Wildman–Crippen LogP) is 0.864. The third-order valence-electron chi connectivity index (χ3n) is 1.84. The van der Waals surface area contributed by atoms with Gasteiger partial charge in [-0.2, -0.15) is 4.39 Å². The summed E-state index contributed by atoms with van der Waals surface area (Å²) in [4.78, 5) is 24.4. The Kier molecular flexibility index (Phi) is 3.33. The molecule has 1 heterocycles. The van der Waals surface area contributed by atoms with E-state index in [1.165, 1.54) is 18.3 Å². The highest BCUT2D eigenvalue weighted by molar-refractivity contribution is 5.82. The summed E-state index contributed by atoms with van der Waals surface area (Å²) in [5.41, 5.74) is -0.215. The molecule has 0 amide bonds. The number of aliphatic carboxylic acids is 2. The van der Waals surface area contributed by atoms with E-state index in [9.17, 15) is 14.0 Å². The molecule has 2 N–H and O–H groups in total. The summed E-state index contributed by atoms with van der Waals surface area (Å²) in [5, 5.41) is 17.2. The fourth-order valence-corrected chi connectivity index (χ4v) is 1.16. The molecule has 0 radical (unpaired) electrons. The lowest BCUT2D eigenvalue weighted by atomic mass is 9.97. The number of rotatable bonds is 4. The molecule has 0 spiro atoms. The van der Waals surface area contributed by atoms with Gasteiger partial charge in [0.2, 0.25) is 5.95 Å². The molecule has 0 bridgehead atoms. The average molecular weight is 213 g/mol. The summed E-state index contributed by atoms with van der Waals surface area (Å²) in [6.45, 7) is 0. The van der Waals surface area contributed by atoms with Crippen LogP contribution in [0, 0.1) is 5.95 Å². The molecule has 1 aromatic heterocycles. The van der Waals surface area contributed by atoms with Gasteiger partial charge in [-0.1, -0.05) is 6.07 Å². The highest BCUT2D eigenvalue weighted by Gasteiger charge is 2.26. The van der Waals surface area contributed by atoms with Crippen LogP contribution in [0.1, 0.15) is 17.9 Å². The Balaban J connectivity index is 3.04. The molecule has 6 heteroatoms. The highest BCUT2D eigenvalue weighted by atomic mass is 19.1. The van der Waals surface area contributed by atoms with Crippen molar-refractivity contribution in [1.82, 2.24) is 4.98 Å². The van der Waals surface area contributed by atoms with Gasteiger partial charge in [-0.05, 0) is 6.07 Å². The summed E-state index contributed by atoms with van der Waals surface area (Å²) in [5.74, 6) is -5.04. The smallest absolute Gasteiger partial charge is 0.311 e. The number of halogens is 1. The van der Waals surface area contributed by atoms with Crippen molar-refractivity contribution in [3.63, 3.8) is 0 Å². The minimum absolute atomic E-state index is 0.215. The number of carbonyl (C=O) groups is 2. The van der Waals surface area contributed by atoms with Gasteiger partial charge in [0.1, 0.15) is 0 Å². The summed E-state index contributed by atoms with van der Waals surface area (Å²) < 4.78 is 13.1. The maximum atomic E-state index is 13.1. The first-order chi connectivity index (χ1) is 7.02. The van der Waals surface area contributed by atoms with E-state index in [0.717, 1.165) is 0 Å². The standard InChI is InChI=1S/C9H8FNO4/c10-8-5(2-1-3-11-8)6(9(14)15)4-7(12)13/h1-3,6H,4H2,(H,12,13)(H,14,15). The molecule has 0 saturated carbocycles. The topological polar surface area (TPSA) is 87.5 Å². The molecule has 1 rings (SSSR count). The van der Waals surface area contributed by atoms with Crippen molar-refractivity contribution in [2.45, 2.75) is 12.3 Å². The third kappa shape index (κ3) is 2.73. The Hall–Kier alpha value is -1.98. The van der Waals surface area contributed by atoms with Gasteiger partial charge >= 0.3 is 11.9 Å². The first kappa shape index (κ1) is 11.1. The molecule has 5 nitrogen and oxygen atoms in total. The summed E-state index contributed by atoms with van der Waals surface area (Å²) in [6, 6.07) is 2.57. The predicted molar refractivity (Wildman–Crippen MR) is 46.8 cm³/mol. The Bertz CT molecular complexity index is 393. The number of hydrogen-bond donors (Lipinski definition) is 2. The third-order valence-corrected chi connectivity index (χ3v) is 1.84. The van der Waals surface area contributed by atoms with E-state index in [-0.39, 0.29) is 5.56 Å². The lowest BCUT2D eigenvalue weighted by molar-refractivity contribution is -0.145. The van der Waals surface area contributed by atoms with Gasteiger partial charge < -0.3 is 10.2 Å². The van der Waals surface area contributed by atoms with E-state index in [4.69, 9.17) is 10.2 Å². The molecule has 15 heavy (non-hydrogen) atoms. The zero-order valence-corrected chi connectivity index (χ0v) is 7.55. The Labute approximate surface area is 84.2 Å². The maximum absolute atomic E-state index is 13.1. The minimum atomic E-state index is -1.41. The van der Waals surface area contributed by atoms with Crippen molar-refractivity contribution in [1.29, 1.82) is 0 Å². The zero-order valence-electron chi connectivity index (χ0n) is 7.55. The Morgan fingerprint density at radius 1 is 1.47 bits per heavy atom. The quantitative estimate of drug-likeness (QED) is 0.724. The van der Waals surface area contributed by atoms with Crippen molar-refractivity contribution in [2.75, 3.05) is 0 Å². The Morgan fingerprint density at radius 2 is 2.13 bits per heavy atom. The number of pyridine rings is 1. The molecule has 0 aliphatic heterocycles. The highest BCUT2D eigenvalue weighted by Crippen LogP contribution is 2.21. The van der Waals surface area contributed by atoms with E-state index < -0.39 is 30.2 Å². The van der Waals surface area contributed by atoms with E-state index in [0.29, 0.717) is 0 Å². The molecule has 1 atom stereocenters. The number of carboxylic acids is 2. The SMILES string of the molecule is O=C(O)CC(C(=O)O)c1cccnc1F. The summed E-state index contributed by atoms with van der Waals surface area (Å²) in [6.07, 6.45) is 0.496. The fourth-order valence-electron chi connectivity index (χ4n) is 1.16. The largest absolute Gasteiger partial charge is 0.481 e. The molecule has 1 aromatic rings. The van der Waals surface area contributed by atoms with E-state index in [1.807, 2.05) is 0 Å². The van der Waals surface area contributed by atoms with Crippen LogP contribution in [-0.4, -0.2) is 27.1 Å². The van der Waals surface area contributed by atoms with Crippen LogP contribution in [-0.2, 0) is 9.59 Å². The van der Waals surface area contributed by atoms with Crippen LogP contribution in [0.2, 0.25) is 0 Å². The molecule has 0 saturated heterocycles. The number of hydrogen-bond acceptors (Lipinski definition) is 3. The monoisotopic (exact) mass is 213 g/mol. The van der Waals surface area contributed by atoms with Crippen LogP contribution in [0.5, 0.6) is 0 Å². The van der Waals surface area contributed by atoms with Crippen molar-refractivity contribution < 1.29 is 24.2 Å². The molecule has 0 fully saturated rings. The van der Waals surface area contributed by atoms with Crippen molar-refractivity contribution in [2.24, 2.45) is 0 Å². The van der Waals surface area contributed by atoms with Crippen LogP contribution in [0.3, 0.4) is 0 Å². The van der Waals surface area contributed by atoms with Crippen molar-refractivity contribution in [3.05, 3.63) is 29.8 Å². The molecule has 1 unspecified atom stereocenters. The number of aromatic nitrogens is 1. The second-order valence-electron chi connectivity index (χ2n) is 2.87. The first-order valence-corrected chi connectivity index (χ1v) is 4.07. The van der Waals surface area contributed by atoms with E-state index in [2.05, 4.69) is 4.98 Å². The number of carboxylic acid groups (broad SMARTS) is 2. The van der Waals surface area contributed by atoms with Crippen LogP contribution < -0.4 is 0 Å². The van der Waals surface area contributed by atoms with Gasteiger partial charge in [-0.3, -0.25) is 9.59 Å². The van der Waals surface area contributed by atoms with Gasteiger partial charge in [0.15, 0.2) is 0 Å². The fraction of sp³-hybridized carbons (Fsp3) is 0.222. The Morgan fingerprint density at radius 3 is 2.60 bits per heavy atom. The van der Waals surface area contributed by atoms with Gasteiger partial charge in [0.05, 0.1) is 12.3 Å². The number of nitrogens with zero attached hydrogens (tertiary/aromatic N) is 1. The zero-order chi connectivity index (χ0) is 11.4. The molecular formula is C9H8FNO4. The van der Waals surface area contributed by atoms with Gasteiger partial charge in [-0.25, -0.2) is 4.98 Å². The van der Waals surface area contributed by atoms with Gasteiger partial charge in [-0.15, -0.1) is 0 Å². The molecule has 0 aliphatic carbocycles. The van der Waals surface area contributed by atoms with Crippen LogP contribution in [0.4, 0.5) is 4.39 Å². The van der Waals surface area contributed by atoms with Crippen LogP contribution in [0.15, 0.2) is 18.3 Å². The molecule has 80 valence electrons. The van der Waals surface area contributed by atoms with Gasteiger partial charge in [0, 0.05) is 11.8 Å². The summed E-state index contributed by atoms with van der Waals surface area (Å²) >= 11 is 0. The second-order valence-corrected chi connectivity index (χ2v) is 2.87. The van der Waals surface area contributed by atoms with Crippen molar-refractivity contribution >= 4 is 11.9 Å². The van der Waals surface area contributed by atoms with E-state index in [1.54, 1.807) is 0 Å². The van der Waals surface area contributed by atoms with E-state index >= 15 is 0 Å². The molecule has 0 aliphatic rings. The summed E-state index contributed by atoms with van der Waals surface area (Å²) in [7, 11) is 0. The van der Waals surface area contributed by atoms with Crippen LogP contribution >= 0.6 is 0 Å². The second kappa shape index (κ2) is 4.50. The maximum Gasteiger partial charge on any atom is 0.311 e.